The Labute approximate surface area is 159 Å². The van der Waals surface area contributed by atoms with Gasteiger partial charge in [-0.25, -0.2) is 9.59 Å². The first kappa shape index (κ1) is 19.0. The van der Waals surface area contributed by atoms with Crippen molar-refractivity contribution in [2.24, 2.45) is 5.92 Å². The lowest BCUT2D eigenvalue weighted by molar-refractivity contribution is 0.0599. The fourth-order valence-corrected chi connectivity index (χ4v) is 3.58. The second-order valence-corrected chi connectivity index (χ2v) is 6.92. The minimum Gasteiger partial charge on any atom is -0.465 e. The van der Waals surface area contributed by atoms with E-state index in [1.54, 1.807) is 11.0 Å². The Kier molecular flexibility index (Phi) is 6.12. The molecule has 0 aliphatic carbocycles. The number of hydrogen-bond acceptors (Lipinski definition) is 4. The van der Waals surface area contributed by atoms with Crippen molar-refractivity contribution in [2.75, 3.05) is 13.7 Å². The van der Waals surface area contributed by atoms with E-state index in [0.717, 1.165) is 17.5 Å². The lowest BCUT2D eigenvalue weighted by Gasteiger charge is -2.27. The molecule has 1 saturated heterocycles. The quantitative estimate of drug-likeness (QED) is 0.748. The molecule has 0 bridgehead atoms. The smallest absolute Gasteiger partial charge is 0.410 e. The van der Waals surface area contributed by atoms with Crippen LogP contribution in [0, 0.1) is 5.92 Å². The van der Waals surface area contributed by atoms with Crippen LogP contribution >= 0.6 is 0 Å². The second kappa shape index (κ2) is 8.71. The van der Waals surface area contributed by atoms with Crippen LogP contribution < -0.4 is 0 Å². The van der Waals surface area contributed by atoms with Gasteiger partial charge in [-0.05, 0) is 36.0 Å². The highest BCUT2D eigenvalue weighted by Crippen LogP contribution is 2.29. The molecule has 0 aromatic heterocycles. The molecule has 5 heteroatoms. The van der Waals surface area contributed by atoms with Crippen LogP contribution in [0.4, 0.5) is 4.79 Å². The zero-order chi connectivity index (χ0) is 19.2. The first-order valence-electron chi connectivity index (χ1n) is 9.23. The molecule has 2 aromatic rings. The molecule has 3 rings (SSSR count). The summed E-state index contributed by atoms with van der Waals surface area (Å²) in [6.07, 6.45) is 1.22. The van der Waals surface area contributed by atoms with Gasteiger partial charge in [0.15, 0.2) is 0 Å². The molecule has 0 radical (unpaired) electrons. The molecular weight excluding hydrogens is 342 g/mol. The van der Waals surface area contributed by atoms with Gasteiger partial charge in [0.25, 0.3) is 0 Å². The number of likely N-dealkylation sites (tertiary alicyclic amines) is 1. The minimum absolute atomic E-state index is 0.000852. The van der Waals surface area contributed by atoms with Crippen molar-refractivity contribution >= 4 is 12.1 Å². The Hall–Kier alpha value is -2.82. The normalized spacial score (nSPS) is 19.0. The third-order valence-corrected chi connectivity index (χ3v) is 5.17. The molecule has 2 aromatic carbocycles. The Bertz CT molecular complexity index is 790. The average Bonchev–Trinajstić information content (AvgIpc) is 3.07. The molecule has 0 saturated carbocycles. The van der Waals surface area contributed by atoms with Gasteiger partial charge < -0.3 is 14.4 Å². The van der Waals surface area contributed by atoms with E-state index in [1.807, 2.05) is 48.5 Å². The van der Waals surface area contributed by atoms with Crippen LogP contribution in [-0.4, -0.2) is 36.7 Å². The zero-order valence-electron chi connectivity index (χ0n) is 15.8. The topological polar surface area (TPSA) is 55.8 Å². The Morgan fingerprint density at radius 1 is 1.07 bits per heavy atom. The molecule has 0 spiro atoms. The molecule has 142 valence electrons. The summed E-state index contributed by atoms with van der Waals surface area (Å²) in [5.41, 5.74) is 2.41. The van der Waals surface area contributed by atoms with Crippen molar-refractivity contribution in [1.29, 1.82) is 0 Å². The number of ether oxygens (including phenoxy) is 2. The summed E-state index contributed by atoms with van der Waals surface area (Å²) in [6, 6.07) is 17.1. The van der Waals surface area contributed by atoms with Gasteiger partial charge >= 0.3 is 12.1 Å². The summed E-state index contributed by atoms with van der Waals surface area (Å²) >= 11 is 0. The van der Waals surface area contributed by atoms with E-state index in [0.29, 0.717) is 24.4 Å². The van der Waals surface area contributed by atoms with Gasteiger partial charge in [0.2, 0.25) is 0 Å². The molecule has 1 aliphatic rings. The number of rotatable bonds is 5. The Morgan fingerprint density at radius 2 is 1.78 bits per heavy atom. The molecular formula is C22H25NO4. The summed E-state index contributed by atoms with van der Waals surface area (Å²) in [7, 11) is 1.38. The molecule has 0 N–H and O–H groups in total. The predicted octanol–water partition coefficient (Wildman–Crippen LogP) is 4.06. The molecule has 1 heterocycles. The van der Waals surface area contributed by atoms with Crippen LogP contribution in [0.25, 0.3) is 0 Å². The second-order valence-electron chi connectivity index (χ2n) is 6.92. The van der Waals surface area contributed by atoms with E-state index in [2.05, 4.69) is 6.92 Å². The zero-order valence-corrected chi connectivity index (χ0v) is 15.8. The molecule has 1 fully saturated rings. The van der Waals surface area contributed by atoms with Crippen LogP contribution in [0.3, 0.4) is 0 Å². The number of carbonyl (C=O) groups is 2. The fourth-order valence-electron chi connectivity index (χ4n) is 3.58. The van der Waals surface area contributed by atoms with Crippen LogP contribution in [0.15, 0.2) is 54.6 Å². The van der Waals surface area contributed by atoms with Gasteiger partial charge in [-0.2, -0.15) is 0 Å². The van der Waals surface area contributed by atoms with E-state index in [-0.39, 0.29) is 24.7 Å². The maximum absolute atomic E-state index is 12.7. The number of benzene rings is 2. The molecule has 1 aliphatic heterocycles. The summed E-state index contributed by atoms with van der Waals surface area (Å²) < 4.78 is 10.4. The Morgan fingerprint density at radius 3 is 2.52 bits per heavy atom. The number of amides is 1. The van der Waals surface area contributed by atoms with Crippen molar-refractivity contribution in [3.63, 3.8) is 0 Å². The number of nitrogens with zero attached hydrogens (tertiary/aromatic N) is 1. The maximum Gasteiger partial charge on any atom is 0.410 e. The van der Waals surface area contributed by atoms with E-state index >= 15 is 0 Å². The minimum atomic E-state index is -0.352. The third-order valence-electron chi connectivity index (χ3n) is 5.17. The number of methoxy groups -OCH3 is 1. The van der Waals surface area contributed by atoms with Gasteiger partial charge in [0.05, 0.1) is 12.7 Å². The van der Waals surface area contributed by atoms with Crippen molar-refractivity contribution < 1.29 is 19.1 Å². The van der Waals surface area contributed by atoms with Gasteiger partial charge in [-0.15, -0.1) is 0 Å². The Balaban J connectivity index is 1.70. The van der Waals surface area contributed by atoms with Crippen LogP contribution in [0.2, 0.25) is 0 Å². The lowest BCUT2D eigenvalue weighted by Crippen LogP contribution is -2.39. The van der Waals surface area contributed by atoms with Crippen molar-refractivity contribution in [3.05, 3.63) is 71.3 Å². The number of esters is 1. The van der Waals surface area contributed by atoms with Crippen molar-refractivity contribution in [3.8, 4) is 0 Å². The van der Waals surface area contributed by atoms with Crippen LogP contribution in [0.5, 0.6) is 0 Å². The largest absolute Gasteiger partial charge is 0.465 e. The van der Waals surface area contributed by atoms with E-state index in [4.69, 9.17) is 9.47 Å². The fraction of sp³-hybridized carbons (Fsp3) is 0.364. The summed E-state index contributed by atoms with van der Waals surface area (Å²) in [4.78, 5) is 26.5. The highest BCUT2D eigenvalue weighted by atomic mass is 16.6. The standard InChI is InChI=1S/C22H25NO4/c1-16-12-13-23(22(25)27-15-17-8-4-3-5-9-17)20(16)14-18-10-6-7-11-19(18)21(24)26-2/h3-11,16,20H,12-15H2,1-2H3/t16-,20+/m1/s1. The van der Waals surface area contributed by atoms with Gasteiger partial charge in [-0.3, -0.25) is 0 Å². The number of carbonyl (C=O) groups excluding carboxylic acids is 2. The monoisotopic (exact) mass is 367 g/mol. The van der Waals surface area contributed by atoms with E-state index in [1.165, 1.54) is 7.11 Å². The summed E-state index contributed by atoms with van der Waals surface area (Å²) in [6.45, 7) is 3.06. The highest BCUT2D eigenvalue weighted by Gasteiger charge is 2.36. The van der Waals surface area contributed by atoms with Crippen molar-refractivity contribution in [1.82, 2.24) is 4.90 Å². The molecule has 5 nitrogen and oxygen atoms in total. The van der Waals surface area contributed by atoms with Crippen LogP contribution in [-0.2, 0) is 22.5 Å². The third kappa shape index (κ3) is 4.48. The summed E-state index contributed by atoms with van der Waals surface area (Å²) in [5, 5.41) is 0. The van der Waals surface area contributed by atoms with Gasteiger partial charge in [0.1, 0.15) is 6.61 Å². The average molecular weight is 367 g/mol. The maximum atomic E-state index is 12.7. The SMILES string of the molecule is COC(=O)c1ccccc1C[C@H]1[C@H](C)CCN1C(=O)OCc1ccccc1. The van der Waals surface area contributed by atoms with Crippen LogP contribution in [0.1, 0.15) is 34.8 Å². The molecule has 27 heavy (non-hydrogen) atoms. The van der Waals surface area contributed by atoms with E-state index < -0.39 is 0 Å². The first-order valence-corrected chi connectivity index (χ1v) is 9.23. The highest BCUT2D eigenvalue weighted by molar-refractivity contribution is 5.91. The lowest BCUT2D eigenvalue weighted by atomic mass is 9.93. The van der Waals surface area contributed by atoms with Crippen molar-refractivity contribution in [2.45, 2.75) is 32.4 Å². The molecule has 2 atom stereocenters. The number of hydrogen-bond donors (Lipinski definition) is 0. The van der Waals surface area contributed by atoms with Gasteiger partial charge in [-0.1, -0.05) is 55.5 Å². The predicted molar refractivity (Wildman–Crippen MR) is 102 cm³/mol. The molecule has 0 unspecified atom stereocenters. The molecule has 1 amide bonds. The first-order chi connectivity index (χ1) is 13.1. The summed E-state index contributed by atoms with van der Waals surface area (Å²) in [5.74, 6) is -0.0190. The van der Waals surface area contributed by atoms with Gasteiger partial charge in [0, 0.05) is 12.6 Å². The van der Waals surface area contributed by atoms with E-state index in [9.17, 15) is 9.59 Å².